The summed E-state index contributed by atoms with van der Waals surface area (Å²) < 4.78 is 45.7. The molecule has 9 nitrogen and oxygen atoms in total. The molecule has 0 aromatic heterocycles. The van der Waals surface area contributed by atoms with E-state index in [1.54, 1.807) is 0 Å². The molecule has 0 aromatic carbocycles. The summed E-state index contributed by atoms with van der Waals surface area (Å²) in [6.07, 6.45) is 1.39. The fourth-order valence-corrected chi connectivity index (χ4v) is 4.21. The van der Waals surface area contributed by atoms with Crippen molar-refractivity contribution in [1.82, 2.24) is 14.3 Å². The third kappa shape index (κ3) is 3.14. The van der Waals surface area contributed by atoms with Crippen LogP contribution in [0.25, 0.3) is 0 Å². The van der Waals surface area contributed by atoms with Crippen LogP contribution in [0.2, 0.25) is 0 Å². The van der Waals surface area contributed by atoms with E-state index in [2.05, 4.69) is 5.10 Å². The van der Waals surface area contributed by atoms with E-state index in [1.165, 1.54) is 6.92 Å². The Labute approximate surface area is 99.1 Å². The zero-order chi connectivity index (χ0) is 13.4. The molecule has 0 bridgehead atoms. The lowest BCUT2D eigenvalue weighted by molar-refractivity contribution is 0.153. The van der Waals surface area contributed by atoms with E-state index in [-0.39, 0.29) is 10.4 Å². The van der Waals surface area contributed by atoms with Crippen LogP contribution in [0.4, 0.5) is 4.79 Å². The summed E-state index contributed by atoms with van der Waals surface area (Å²) in [4.78, 5) is 11.4. The molecule has 1 rings (SSSR count). The Bertz CT molecular complexity index is 531. The number of urea groups is 1. The molecule has 1 heterocycles. The first-order valence-electron chi connectivity index (χ1n) is 4.34. The Hall–Kier alpha value is -1.20. The van der Waals surface area contributed by atoms with Crippen molar-refractivity contribution in [3.8, 4) is 0 Å². The topological polar surface area (TPSA) is 116 Å². The van der Waals surface area contributed by atoms with E-state index in [0.717, 1.165) is 0 Å². The van der Waals surface area contributed by atoms with Crippen molar-refractivity contribution in [3.63, 3.8) is 0 Å². The second kappa shape index (κ2) is 4.23. The summed E-state index contributed by atoms with van der Waals surface area (Å²) in [5, 5.41) is 4.13. The van der Waals surface area contributed by atoms with Gasteiger partial charge < -0.3 is 0 Å². The first-order valence-corrected chi connectivity index (χ1v) is 8.04. The molecule has 0 unspecified atom stereocenters. The Kier molecular flexibility index (Phi) is 3.45. The highest BCUT2D eigenvalue weighted by molar-refractivity contribution is 8.03. The number of nitrogens with one attached hydrogen (secondary N) is 1. The van der Waals surface area contributed by atoms with Crippen molar-refractivity contribution >= 4 is 31.8 Å². The molecule has 0 radical (unpaired) electrons. The van der Waals surface area contributed by atoms with Gasteiger partial charge in [0.05, 0.1) is 24.8 Å². The van der Waals surface area contributed by atoms with Gasteiger partial charge in [0.25, 0.3) is 0 Å². The Morgan fingerprint density at radius 3 is 2.12 bits per heavy atom. The van der Waals surface area contributed by atoms with Crippen molar-refractivity contribution in [1.29, 1.82) is 0 Å². The first-order chi connectivity index (χ1) is 7.53. The largest absolute Gasteiger partial charge is 0.354 e. The Balaban J connectivity index is 3.27. The number of carbonyl (C=O) groups is 1. The van der Waals surface area contributed by atoms with E-state index in [1.807, 2.05) is 5.43 Å². The molecule has 98 valence electrons. The fraction of sp³-hybridized carbons (Fsp3) is 0.667. The number of carbonyl (C=O) groups excluding carboxylic acids is 1. The van der Waals surface area contributed by atoms with E-state index < -0.39 is 26.1 Å². The molecule has 0 atom stereocenters. The van der Waals surface area contributed by atoms with Gasteiger partial charge in [-0.05, 0) is 6.92 Å². The van der Waals surface area contributed by atoms with Gasteiger partial charge in [-0.15, -0.1) is 0 Å². The standard InChI is InChI=1S/C6H12N4O5S2/c1-5-4-9(6(11)8-7-5)10(16(2,12)13)17(3,14)15/h4H2,1-3H3,(H,8,11). The zero-order valence-corrected chi connectivity index (χ0v) is 11.0. The third-order valence-electron chi connectivity index (χ3n) is 1.72. The molecule has 0 aromatic rings. The molecule has 1 N–H and O–H groups in total. The van der Waals surface area contributed by atoms with Gasteiger partial charge in [0.15, 0.2) is 0 Å². The van der Waals surface area contributed by atoms with Crippen molar-refractivity contribution < 1.29 is 21.6 Å². The van der Waals surface area contributed by atoms with Crippen LogP contribution in [-0.2, 0) is 20.0 Å². The van der Waals surface area contributed by atoms with Crippen molar-refractivity contribution in [3.05, 3.63) is 0 Å². The maximum atomic E-state index is 11.4. The quantitative estimate of drug-likeness (QED) is 0.678. The second-order valence-electron chi connectivity index (χ2n) is 3.53. The van der Waals surface area contributed by atoms with Gasteiger partial charge in [-0.1, -0.05) is 0 Å². The molecule has 0 aliphatic carbocycles. The Morgan fingerprint density at radius 1 is 1.24 bits per heavy atom. The minimum atomic E-state index is -4.12. The van der Waals surface area contributed by atoms with Crippen LogP contribution in [0.3, 0.4) is 0 Å². The van der Waals surface area contributed by atoms with Crippen LogP contribution >= 0.6 is 0 Å². The van der Waals surface area contributed by atoms with E-state index in [0.29, 0.717) is 23.2 Å². The molecule has 17 heavy (non-hydrogen) atoms. The molecule has 0 saturated carbocycles. The predicted octanol–water partition coefficient (Wildman–Crippen LogP) is -1.48. The fourth-order valence-electron chi connectivity index (χ4n) is 1.26. The zero-order valence-electron chi connectivity index (χ0n) is 9.41. The summed E-state index contributed by atoms with van der Waals surface area (Å²) in [6, 6.07) is -0.925. The number of amides is 2. The van der Waals surface area contributed by atoms with Crippen molar-refractivity contribution in [2.75, 3.05) is 19.1 Å². The lowest BCUT2D eigenvalue weighted by Crippen LogP contribution is -2.57. The maximum absolute atomic E-state index is 11.4. The minimum absolute atomic E-state index is 0.0491. The normalized spacial score (nSPS) is 18.0. The van der Waals surface area contributed by atoms with Crippen molar-refractivity contribution in [2.24, 2.45) is 5.10 Å². The molecule has 0 spiro atoms. The average Bonchev–Trinajstić information content (AvgIpc) is 2.06. The van der Waals surface area contributed by atoms with Crippen LogP contribution in [0.15, 0.2) is 5.10 Å². The number of hydrazine groups is 1. The SMILES string of the molecule is CC1=NNC(=O)N(N(S(C)(=O)=O)S(C)(=O)=O)C1. The highest BCUT2D eigenvalue weighted by Gasteiger charge is 2.38. The molecular weight excluding hydrogens is 272 g/mol. The van der Waals surface area contributed by atoms with Crippen LogP contribution in [0, 0.1) is 0 Å². The van der Waals surface area contributed by atoms with Gasteiger partial charge in [0.1, 0.15) is 0 Å². The van der Waals surface area contributed by atoms with Gasteiger partial charge in [-0.3, -0.25) is 0 Å². The molecule has 1 aliphatic rings. The minimum Gasteiger partial charge on any atom is -0.245 e. The summed E-state index contributed by atoms with van der Waals surface area (Å²) >= 11 is 0. The summed E-state index contributed by atoms with van der Waals surface area (Å²) in [5.41, 5.74) is 2.39. The molecular formula is C6H12N4O5S2. The Morgan fingerprint density at radius 2 is 1.71 bits per heavy atom. The smallest absolute Gasteiger partial charge is 0.245 e. The summed E-state index contributed by atoms with van der Waals surface area (Å²) in [5.74, 6) is 0. The summed E-state index contributed by atoms with van der Waals surface area (Å²) in [6.45, 7) is 1.31. The molecule has 1 aliphatic heterocycles. The second-order valence-corrected chi connectivity index (χ2v) is 7.38. The average molecular weight is 284 g/mol. The number of hydrogen-bond donors (Lipinski definition) is 1. The number of rotatable bonds is 3. The predicted molar refractivity (Wildman–Crippen MR) is 59.9 cm³/mol. The highest BCUT2D eigenvalue weighted by Crippen LogP contribution is 2.12. The van der Waals surface area contributed by atoms with E-state index in [9.17, 15) is 21.6 Å². The van der Waals surface area contributed by atoms with E-state index in [4.69, 9.17) is 0 Å². The van der Waals surface area contributed by atoms with Crippen molar-refractivity contribution in [2.45, 2.75) is 6.92 Å². The number of nitrogens with zero attached hydrogens (tertiary/aromatic N) is 3. The first kappa shape index (κ1) is 13.9. The van der Waals surface area contributed by atoms with Gasteiger partial charge >= 0.3 is 6.03 Å². The molecule has 0 saturated heterocycles. The van der Waals surface area contributed by atoms with Gasteiger partial charge in [-0.25, -0.2) is 32.1 Å². The van der Waals surface area contributed by atoms with Gasteiger partial charge in [0, 0.05) is 3.82 Å². The van der Waals surface area contributed by atoms with Gasteiger partial charge in [-0.2, -0.15) is 5.10 Å². The lowest BCUT2D eigenvalue weighted by Gasteiger charge is -2.32. The van der Waals surface area contributed by atoms with Crippen LogP contribution < -0.4 is 5.43 Å². The van der Waals surface area contributed by atoms with Crippen LogP contribution in [-0.4, -0.2) is 56.5 Å². The molecule has 11 heteroatoms. The maximum Gasteiger partial charge on any atom is 0.354 e. The van der Waals surface area contributed by atoms with Gasteiger partial charge in [0.2, 0.25) is 20.0 Å². The number of hydrogen-bond acceptors (Lipinski definition) is 6. The third-order valence-corrected chi connectivity index (χ3v) is 4.87. The lowest BCUT2D eigenvalue weighted by atomic mass is 10.4. The number of sulfonamides is 2. The summed E-state index contributed by atoms with van der Waals surface area (Å²) in [7, 11) is -8.25. The monoisotopic (exact) mass is 284 g/mol. The van der Waals surface area contributed by atoms with Crippen LogP contribution in [0.1, 0.15) is 6.92 Å². The van der Waals surface area contributed by atoms with E-state index >= 15 is 0 Å². The molecule has 0 fully saturated rings. The molecule has 2 amide bonds. The van der Waals surface area contributed by atoms with Crippen LogP contribution in [0.5, 0.6) is 0 Å². The highest BCUT2D eigenvalue weighted by atomic mass is 32.3. The number of hydrazone groups is 1.